The molecular formula is C17H23N9O5. The fourth-order valence-corrected chi connectivity index (χ4v) is 2.87. The number of likely N-dealkylation sites (N-methyl/N-ethyl adjacent to an activating group) is 1. The van der Waals surface area contributed by atoms with E-state index in [0.717, 1.165) is 16.5 Å². The maximum Gasteiger partial charge on any atom is 0.208 e. The van der Waals surface area contributed by atoms with Crippen LogP contribution in [0.1, 0.15) is 0 Å². The molecule has 0 spiro atoms. The Bertz CT molecular complexity index is 1090. The Balaban J connectivity index is 0.000000188. The van der Waals surface area contributed by atoms with Crippen LogP contribution >= 0.6 is 0 Å². The van der Waals surface area contributed by atoms with Gasteiger partial charge in [0, 0.05) is 11.9 Å². The minimum atomic E-state index is -1.55. The number of aromatic amines is 1. The van der Waals surface area contributed by atoms with Crippen molar-refractivity contribution in [3.63, 3.8) is 0 Å². The number of para-hydroxylation sites is 1. The van der Waals surface area contributed by atoms with Gasteiger partial charge in [-0.25, -0.2) is 0 Å². The molecular weight excluding hydrogens is 410 g/mol. The Morgan fingerprint density at radius 2 is 1.81 bits per heavy atom. The zero-order valence-corrected chi connectivity index (χ0v) is 16.5. The number of rotatable bonds is 7. The Hall–Kier alpha value is -3.14. The van der Waals surface area contributed by atoms with E-state index in [2.05, 4.69) is 41.5 Å². The molecule has 4 atom stereocenters. The van der Waals surface area contributed by atoms with Gasteiger partial charge in [0.1, 0.15) is 18.3 Å². The molecule has 31 heavy (non-hydrogen) atoms. The highest BCUT2D eigenvalue weighted by Gasteiger charge is 2.29. The lowest BCUT2D eigenvalue weighted by atomic mass is 10.0. The van der Waals surface area contributed by atoms with Crippen LogP contribution in [0.2, 0.25) is 0 Å². The lowest BCUT2D eigenvalue weighted by molar-refractivity contribution is -0.113. The van der Waals surface area contributed by atoms with Crippen molar-refractivity contribution < 1.29 is 25.5 Å². The molecule has 0 fully saturated rings. The second kappa shape index (κ2) is 10.3. The van der Waals surface area contributed by atoms with Gasteiger partial charge in [0.05, 0.1) is 23.8 Å². The van der Waals surface area contributed by atoms with Crippen LogP contribution < -0.4 is 5.32 Å². The van der Waals surface area contributed by atoms with Gasteiger partial charge in [-0.1, -0.05) is 18.2 Å². The summed E-state index contributed by atoms with van der Waals surface area (Å²) < 4.78 is 1.67. The average molecular weight is 433 g/mol. The molecule has 0 unspecified atom stereocenters. The molecule has 0 aliphatic heterocycles. The van der Waals surface area contributed by atoms with Crippen LogP contribution in [0.4, 0.5) is 0 Å². The SMILES string of the molecule is CNC[C@H](O)[C@@H](O)[C@H](O)[C@H](O)CO.c1ccc2c(c1)cc(-c1nn[nH]n1)c1nnnn12. The number of aliphatic hydroxyl groups excluding tert-OH is 5. The summed E-state index contributed by atoms with van der Waals surface area (Å²) in [6.07, 6.45) is -5.65. The molecule has 14 nitrogen and oxygen atoms in total. The first kappa shape index (κ1) is 22.5. The minimum Gasteiger partial charge on any atom is -0.394 e. The van der Waals surface area contributed by atoms with Crippen LogP contribution in [0.15, 0.2) is 30.3 Å². The molecule has 0 saturated heterocycles. The number of fused-ring (bicyclic) bond motifs is 3. The maximum absolute atomic E-state index is 9.21. The van der Waals surface area contributed by atoms with Gasteiger partial charge in [-0.05, 0) is 34.8 Å². The summed E-state index contributed by atoms with van der Waals surface area (Å²) in [5.74, 6) is 0.473. The number of nitrogens with zero attached hydrogens (tertiary/aromatic N) is 7. The molecule has 166 valence electrons. The third-order valence-electron chi connectivity index (χ3n) is 4.50. The van der Waals surface area contributed by atoms with E-state index in [4.69, 9.17) is 20.4 Å². The van der Waals surface area contributed by atoms with Gasteiger partial charge in [-0.3, -0.25) is 0 Å². The Labute approximate surface area is 175 Å². The largest absolute Gasteiger partial charge is 0.394 e. The van der Waals surface area contributed by atoms with Crippen molar-refractivity contribution in [2.75, 3.05) is 20.2 Å². The third-order valence-corrected chi connectivity index (χ3v) is 4.50. The lowest BCUT2D eigenvalue weighted by Crippen LogP contribution is -2.48. The van der Waals surface area contributed by atoms with Crippen LogP contribution in [0.3, 0.4) is 0 Å². The highest BCUT2D eigenvalue weighted by atomic mass is 16.4. The first-order valence-electron chi connectivity index (χ1n) is 9.29. The van der Waals surface area contributed by atoms with Crippen LogP contribution in [0.25, 0.3) is 27.9 Å². The molecule has 0 aliphatic rings. The second-order valence-corrected chi connectivity index (χ2v) is 6.62. The second-order valence-electron chi connectivity index (χ2n) is 6.62. The first-order valence-corrected chi connectivity index (χ1v) is 9.29. The number of benzene rings is 1. The first-order chi connectivity index (χ1) is 15.0. The van der Waals surface area contributed by atoms with Crippen molar-refractivity contribution in [3.8, 4) is 11.4 Å². The summed E-state index contributed by atoms with van der Waals surface area (Å²) in [6, 6.07) is 9.79. The van der Waals surface area contributed by atoms with Crippen LogP contribution in [-0.4, -0.2) is 111 Å². The number of hydrogen-bond acceptors (Lipinski definition) is 12. The molecule has 7 N–H and O–H groups in total. The number of pyridine rings is 1. The quantitative estimate of drug-likeness (QED) is 0.156. The van der Waals surface area contributed by atoms with Gasteiger partial charge in [0.25, 0.3) is 0 Å². The van der Waals surface area contributed by atoms with Gasteiger partial charge in [0.2, 0.25) is 5.82 Å². The zero-order chi connectivity index (χ0) is 22.4. The van der Waals surface area contributed by atoms with E-state index >= 15 is 0 Å². The molecule has 0 aliphatic carbocycles. The summed E-state index contributed by atoms with van der Waals surface area (Å²) in [5.41, 5.74) is 2.28. The van der Waals surface area contributed by atoms with Crippen LogP contribution in [-0.2, 0) is 0 Å². The summed E-state index contributed by atoms with van der Waals surface area (Å²) >= 11 is 0. The van der Waals surface area contributed by atoms with Crippen molar-refractivity contribution in [1.29, 1.82) is 0 Å². The number of aliphatic hydroxyl groups is 5. The summed E-state index contributed by atoms with van der Waals surface area (Å²) in [4.78, 5) is 0. The van der Waals surface area contributed by atoms with Crippen molar-refractivity contribution >= 4 is 16.6 Å². The number of H-pyrrole nitrogens is 1. The molecule has 14 heteroatoms. The third kappa shape index (κ3) is 4.96. The number of aromatic nitrogens is 8. The maximum atomic E-state index is 9.21. The highest BCUT2D eigenvalue weighted by Crippen LogP contribution is 2.24. The molecule has 0 amide bonds. The van der Waals surface area contributed by atoms with Crippen molar-refractivity contribution in [2.24, 2.45) is 0 Å². The molecule has 3 heterocycles. The monoisotopic (exact) mass is 433 g/mol. The van der Waals surface area contributed by atoms with Crippen molar-refractivity contribution in [1.82, 2.24) is 46.0 Å². The Morgan fingerprint density at radius 3 is 2.48 bits per heavy atom. The molecule has 3 aromatic heterocycles. The fourth-order valence-electron chi connectivity index (χ4n) is 2.87. The number of hydrogen-bond donors (Lipinski definition) is 7. The summed E-state index contributed by atoms with van der Waals surface area (Å²) in [7, 11) is 1.57. The van der Waals surface area contributed by atoms with Gasteiger partial charge in [-0.15, -0.1) is 15.3 Å². The van der Waals surface area contributed by atoms with Crippen molar-refractivity contribution in [3.05, 3.63) is 30.3 Å². The topological polar surface area (TPSA) is 211 Å². The predicted molar refractivity (Wildman–Crippen MR) is 106 cm³/mol. The van der Waals surface area contributed by atoms with E-state index in [1.807, 2.05) is 30.3 Å². The molecule has 4 aromatic rings. The van der Waals surface area contributed by atoms with E-state index in [1.54, 1.807) is 11.6 Å². The normalized spacial score (nSPS) is 15.3. The minimum absolute atomic E-state index is 0.0936. The highest BCUT2D eigenvalue weighted by molar-refractivity contribution is 5.89. The Morgan fingerprint density at radius 1 is 1.06 bits per heavy atom. The standard InChI is InChI=1S/C10H6N8.C7H17NO5/c1-2-4-8-6(3-1)5-7(9-11-14-15-12-9)10-13-16-17-18(8)10;1-8-2-4(10)6(12)7(13)5(11)3-9/h1-5H,(H,11,12,14,15);4-13H,2-3H2,1H3/t;4-,5+,6+,7+/m.0/s1. The molecule has 4 rings (SSSR count). The van der Waals surface area contributed by atoms with Crippen molar-refractivity contribution in [2.45, 2.75) is 24.4 Å². The van der Waals surface area contributed by atoms with E-state index in [9.17, 15) is 5.11 Å². The van der Waals surface area contributed by atoms with Gasteiger partial charge in [0.15, 0.2) is 5.65 Å². The van der Waals surface area contributed by atoms with Gasteiger partial charge < -0.3 is 30.8 Å². The van der Waals surface area contributed by atoms with Crippen LogP contribution in [0, 0.1) is 0 Å². The zero-order valence-electron chi connectivity index (χ0n) is 16.5. The van der Waals surface area contributed by atoms with Crippen LogP contribution in [0.5, 0.6) is 0 Å². The number of tetrazole rings is 2. The molecule has 1 aromatic carbocycles. The van der Waals surface area contributed by atoms with Gasteiger partial charge in [-0.2, -0.15) is 9.73 Å². The van der Waals surface area contributed by atoms with E-state index in [0.29, 0.717) is 11.5 Å². The number of nitrogens with one attached hydrogen (secondary N) is 2. The van der Waals surface area contributed by atoms with E-state index in [1.165, 1.54) is 0 Å². The smallest absolute Gasteiger partial charge is 0.208 e. The summed E-state index contributed by atoms with van der Waals surface area (Å²) in [5, 5.41) is 74.1. The average Bonchev–Trinajstić information content (AvgIpc) is 3.50. The lowest BCUT2D eigenvalue weighted by Gasteiger charge is -2.25. The van der Waals surface area contributed by atoms with E-state index in [-0.39, 0.29) is 6.54 Å². The molecule has 0 saturated carbocycles. The van der Waals surface area contributed by atoms with E-state index < -0.39 is 31.0 Å². The molecule has 0 radical (unpaired) electrons. The predicted octanol–water partition coefficient (Wildman–Crippen LogP) is -2.90. The fraction of sp³-hybridized carbons (Fsp3) is 0.412. The Kier molecular flexibility index (Phi) is 7.45. The van der Waals surface area contributed by atoms with Gasteiger partial charge >= 0.3 is 0 Å². The molecule has 0 bridgehead atoms. The summed E-state index contributed by atoms with van der Waals surface area (Å²) in [6.45, 7) is -0.569.